The topological polar surface area (TPSA) is 49.4 Å². The first-order chi connectivity index (χ1) is 15.3. The van der Waals surface area contributed by atoms with E-state index in [4.69, 9.17) is 0 Å². The Morgan fingerprint density at radius 2 is 1.88 bits per heavy atom. The molecule has 3 fully saturated rings. The van der Waals surface area contributed by atoms with Gasteiger partial charge in [0.25, 0.3) is 0 Å². The molecule has 1 amide bonds. The average molecular weight is 435 g/mol. The number of likely N-dealkylation sites (N-methyl/N-ethyl adjacent to an activating group) is 1. The second-order valence-electron chi connectivity index (χ2n) is 11.4. The predicted molar refractivity (Wildman–Crippen MR) is 127 cm³/mol. The molecule has 1 saturated heterocycles. The van der Waals surface area contributed by atoms with E-state index in [1.54, 1.807) is 0 Å². The summed E-state index contributed by atoms with van der Waals surface area (Å²) in [5.41, 5.74) is 2.68. The number of amides is 1. The fraction of sp³-hybridized carbons (Fsp3) is 0.643. The van der Waals surface area contributed by atoms with Gasteiger partial charge in [0.05, 0.1) is 0 Å². The highest BCUT2D eigenvalue weighted by molar-refractivity contribution is 5.91. The summed E-state index contributed by atoms with van der Waals surface area (Å²) in [6, 6.07) is 10.5. The monoisotopic (exact) mass is 434 g/mol. The summed E-state index contributed by atoms with van der Waals surface area (Å²) in [5, 5.41) is 3.67. The molecule has 32 heavy (non-hydrogen) atoms. The zero-order valence-corrected chi connectivity index (χ0v) is 19.9. The van der Waals surface area contributed by atoms with Gasteiger partial charge in [0.1, 0.15) is 0 Å². The Morgan fingerprint density at radius 3 is 2.66 bits per heavy atom. The van der Waals surface area contributed by atoms with Gasteiger partial charge in [-0.25, -0.2) is 0 Å². The Bertz CT molecular complexity index is 925. The van der Waals surface area contributed by atoms with Crippen molar-refractivity contribution < 1.29 is 9.59 Å². The van der Waals surface area contributed by atoms with E-state index in [0.29, 0.717) is 30.1 Å². The van der Waals surface area contributed by atoms with Crippen LogP contribution < -0.4 is 5.32 Å². The first-order valence-electron chi connectivity index (χ1n) is 12.6. The zero-order chi connectivity index (χ0) is 22.5. The van der Waals surface area contributed by atoms with Gasteiger partial charge in [0, 0.05) is 49.7 Å². The molecule has 1 aliphatic heterocycles. The molecule has 3 aliphatic carbocycles. The van der Waals surface area contributed by atoms with Gasteiger partial charge in [-0.3, -0.25) is 9.59 Å². The first-order valence-corrected chi connectivity index (χ1v) is 12.6. The highest BCUT2D eigenvalue weighted by Gasteiger charge is 2.60. The Morgan fingerprint density at radius 1 is 1.09 bits per heavy atom. The van der Waals surface area contributed by atoms with Gasteiger partial charge in [-0.1, -0.05) is 44.2 Å². The van der Waals surface area contributed by atoms with Crippen LogP contribution in [0.5, 0.6) is 0 Å². The molecule has 6 atom stereocenters. The largest absolute Gasteiger partial charge is 0.387 e. The fourth-order valence-corrected chi connectivity index (χ4v) is 7.87. The third-order valence-corrected chi connectivity index (χ3v) is 9.85. The zero-order valence-electron chi connectivity index (χ0n) is 19.9. The Balaban J connectivity index is 1.30. The molecule has 0 unspecified atom stereocenters. The van der Waals surface area contributed by atoms with Crippen molar-refractivity contribution in [3.05, 3.63) is 47.7 Å². The van der Waals surface area contributed by atoms with Gasteiger partial charge >= 0.3 is 0 Å². The number of piperidine rings is 1. The van der Waals surface area contributed by atoms with Gasteiger partial charge < -0.3 is 10.2 Å². The molecular weight excluding hydrogens is 396 g/mol. The number of hydrogen-bond donors (Lipinski definition) is 1. The van der Waals surface area contributed by atoms with Gasteiger partial charge in [-0.2, -0.15) is 0 Å². The molecule has 172 valence electrons. The van der Waals surface area contributed by atoms with Gasteiger partial charge in [-0.15, -0.1) is 0 Å². The lowest BCUT2D eigenvalue weighted by Gasteiger charge is -2.58. The molecule has 1 aromatic rings. The number of rotatable bonds is 4. The smallest absolute Gasteiger partial charge is 0.225 e. The summed E-state index contributed by atoms with van der Waals surface area (Å²) in [4.78, 5) is 27.6. The fourth-order valence-electron chi connectivity index (χ4n) is 7.87. The van der Waals surface area contributed by atoms with Crippen LogP contribution in [0.1, 0.15) is 57.9 Å². The minimum Gasteiger partial charge on any atom is -0.387 e. The molecule has 2 saturated carbocycles. The van der Waals surface area contributed by atoms with Crippen molar-refractivity contribution in [2.45, 2.75) is 58.8 Å². The highest BCUT2D eigenvalue weighted by atomic mass is 16.2. The second-order valence-corrected chi connectivity index (χ2v) is 11.4. The van der Waals surface area contributed by atoms with E-state index in [1.807, 2.05) is 24.1 Å². The van der Waals surface area contributed by atoms with Crippen molar-refractivity contribution in [1.82, 2.24) is 10.2 Å². The number of fused-ring (bicyclic) bond motifs is 5. The maximum Gasteiger partial charge on any atom is 0.225 e. The number of carbonyl (C=O) groups is 2. The molecule has 1 N–H and O–H groups in total. The van der Waals surface area contributed by atoms with E-state index in [0.717, 1.165) is 45.2 Å². The van der Waals surface area contributed by atoms with Crippen LogP contribution in [0.2, 0.25) is 0 Å². The molecule has 5 rings (SSSR count). The summed E-state index contributed by atoms with van der Waals surface area (Å²) in [7, 11) is 1.99. The second kappa shape index (κ2) is 8.04. The number of nitrogens with zero attached hydrogens (tertiary/aromatic N) is 1. The van der Waals surface area contributed by atoms with Crippen LogP contribution in [-0.4, -0.2) is 36.7 Å². The van der Waals surface area contributed by atoms with Crippen molar-refractivity contribution in [1.29, 1.82) is 0 Å². The molecular formula is C28H38N2O2. The number of allylic oxidation sites excluding steroid dienone is 2. The predicted octanol–water partition coefficient (Wildman–Crippen LogP) is 4.60. The third-order valence-electron chi connectivity index (χ3n) is 9.85. The molecule has 0 aromatic heterocycles. The lowest BCUT2D eigenvalue weighted by atomic mass is 9.50. The van der Waals surface area contributed by atoms with Crippen molar-refractivity contribution in [2.75, 3.05) is 20.1 Å². The number of benzene rings is 1. The maximum absolute atomic E-state index is 13.6. The van der Waals surface area contributed by atoms with E-state index in [-0.39, 0.29) is 22.5 Å². The minimum absolute atomic E-state index is 0.100. The summed E-state index contributed by atoms with van der Waals surface area (Å²) in [6.45, 7) is 6.54. The van der Waals surface area contributed by atoms with Crippen LogP contribution in [0.15, 0.2) is 42.1 Å². The summed E-state index contributed by atoms with van der Waals surface area (Å²) >= 11 is 0. The lowest BCUT2D eigenvalue weighted by molar-refractivity contribution is -0.141. The molecule has 1 aromatic carbocycles. The van der Waals surface area contributed by atoms with Gasteiger partial charge in [-0.05, 0) is 67.3 Å². The number of nitrogens with one attached hydrogen (secondary N) is 1. The Kier molecular flexibility index (Phi) is 5.46. The standard InChI is InChI=1S/C28H38N2O2/c1-27-15-12-23-21(18-29-25-17-20(31)11-14-28(23,25)2)22(27)9-10-24(27)26(32)30(3)16-13-19-7-5-4-6-8-19/h4-8,17,21-24,29H,9-16,18H2,1-3H3/t21-,22-,23-,24+,27-,28+/m0/s1. The molecule has 4 aliphatic rings. The van der Waals surface area contributed by atoms with Crippen molar-refractivity contribution >= 4 is 11.7 Å². The molecule has 0 bridgehead atoms. The van der Waals surface area contributed by atoms with Crippen LogP contribution in [0.3, 0.4) is 0 Å². The quantitative estimate of drug-likeness (QED) is 0.753. The van der Waals surface area contributed by atoms with Crippen LogP contribution in [0.4, 0.5) is 0 Å². The summed E-state index contributed by atoms with van der Waals surface area (Å²) in [6.07, 6.45) is 8.96. The van der Waals surface area contributed by atoms with Crippen LogP contribution in [-0.2, 0) is 16.0 Å². The minimum atomic E-state index is 0.100. The normalized spacial score (nSPS) is 38.1. The van der Waals surface area contributed by atoms with E-state index in [1.165, 1.54) is 17.7 Å². The van der Waals surface area contributed by atoms with Gasteiger partial charge in [0.2, 0.25) is 5.91 Å². The number of ketones is 1. The summed E-state index contributed by atoms with van der Waals surface area (Å²) < 4.78 is 0. The first kappa shape index (κ1) is 21.7. The number of hydrogen-bond acceptors (Lipinski definition) is 3. The van der Waals surface area contributed by atoms with E-state index in [2.05, 4.69) is 43.4 Å². The van der Waals surface area contributed by atoms with E-state index < -0.39 is 0 Å². The molecule has 4 heteroatoms. The lowest BCUT2D eigenvalue weighted by Crippen LogP contribution is -2.57. The third kappa shape index (κ3) is 3.41. The molecule has 4 nitrogen and oxygen atoms in total. The highest BCUT2D eigenvalue weighted by Crippen LogP contribution is 2.64. The SMILES string of the molecule is CN(CCc1ccccc1)C(=O)[C@H]1CC[C@H]2[C@@H]3CNC4=CC(=O)CC[C@]4(C)[C@H]3CC[C@]12C. The van der Waals surface area contributed by atoms with Crippen molar-refractivity contribution in [3.8, 4) is 0 Å². The summed E-state index contributed by atoms with van der Waals surface area (Å²) in [5.74, 6) is 2.60. The van der Waals surface area contributed by atoms with E-state index in [9.17, 15) is 9.59 Å². The van der Waals surface area contributed by atoms with Crippen molar-refractivity contribution in [2.24, 2.45) is 34.5 Å². The Labute approximate surface area is 192 Å². The van der Waals surface area contributed by atoms with Gasteiger partial charge in [0.15, 0.2) is 5.78 Å². The average Bonchev–Trinajstić information content (AvgIpc) is 3.15. The van der Waals surface area contributed by atoms with Crippen LogP contribution >= 0.6 is 0 Å². The molecule has 1 heterocycles. The Hall–Kier alpha value is -2.10. The van der Waals surface area contributed by atoms with Crippen LogP contribution in [0.25, 0.3) is 0 Å². The van der Waals surface area contributed by atoms with Crippen LogP contribution in [0, 0.1) is 34.5 Å². The maximum atomic E-state index is 13.6. The number of carbonyl (C=O) groups excluding carboxylic acids is 2. The van der Waals surface area contributed by atoms with E-state index >= 15 is 0 Å². The molecule has 0 spiro atoms. The molecule has 0 radical (unpaired) electrons. The van der Waals surface area contributed by atoms with Crippen molar-refractivity contribution in [3.63, 3.8) is 0 Å².